The molecule has 3 rings (SSSR count). The lowest BCUT2D eigenvalue weighted by Crippen LogP contribution is -2.66. The summed E-state index contributed by atoms with van der Waals surface area (Å²) in [7, 11) is 1.85. The molecular weight excluding hydrogens is 202 g/mol. The topological polar surface area (TPSA) is 29.5 Å². The average molecular weight is 217 g/mol. The van der Waals surface area contributed by atoms with E-state index >= 15 is 0 Å². The summed E-state index contributed by atoms with van der Waals surface area (Å²) in [5, 5.41) is 0. The molecule has 1 aromatic carbocycles. The lowest BCUT2D eigenvalue weighted by atomic mass is 9.76. The minimum atomic E-state index is -0.546. The van der Waals surface area contributed by atoms with E-state index in [9.17, 15) is 4.79 Å². The first-order chi connectivity index (χ1) is 7.76. The van der Waals surface area contributed by atoms with Crippen LogP contribution in [0.15, 0.2) is 30.3 Å². The van der Waals surface area contributed by atoms with Gasteiger partial charge in [0.25, 0.3) is 5.91 Å². The molecule has 2 aliphatic rings. The van der Waals surface area contributed by atoms with E-state index in [0.717, 1.165) is 12.8 Å². The predicted octanol–water partition coefficient (Wildman–Crippen LogP) is 1.75. The average Bonchev–Trinajstić information content (AvgIpc) is 2.82. The summed E-state index contributed by atoms with van der Waals surface area (Å²) < 4.78 is 5.73. The SMILES string of the molecule is CN1C(=O)[C@@]2(CCCO2)[C@@H]1c1ccccc1. The molecule has 0 aliphatic carbocycles. The molecule has 0 bridgehead atoms. The van der Waals surface area contributed by atoms with Gasteiger partial charge < -0.3 is 9.64 Å². The molecule has 0 unspecified atom stereocenters. The van der Waals surface area contributed by atoms with E-state index < -0.39 is 5.60 Å². The molecule has 16 heavy (non-hydrogen) atoms. The molecule has 2 atom stereocenters. The fraction of sp³-hybridized carbons (Fsp3) is 0.462. The molecule has 2 heterocycles. The molecule has 0 aromatic heterocycles. The summed E-state index contributed by atoms with van der Waals surface area (Å²) in [6.07, 6.45) is 1.85. The van der Waals surface area contributed by atoms with Crippen molar-refractivity contribution in [1.29, 1.82) is 0 Å². The minimum absolute atomic E-state index is 0.101. The van der Waals surface area contributed by atoms with Gasteiger partial charge in [-0.1, -0.05) is 30.3 Å². The minimum Gasteiger partial charge on any atom is -0.363 e. The van der Waals surface area contributed by atoms with E-state index in [2.05, 4.69) is 12.1 Å². The number of likely N-dealkylation sites (N-methyl/N-ethyl adjacent to an activating group) is 1. The number of β-lactam (4-membered cyclic amide) rings is 1. The van der Waals surface area contributed by atoms with Crippen LogP contribution in [-0.4, -0.2) is 30.1 Å². The van der Waals surface area contributed by atoms with Crippen LogP contribution in [0.2, 0.25) is 0 Å². The Morgan fingerprint density at radius 1 is 1.38 bits per heavy atom. The van der Waals surface area contributed by atoms with Crippen LogP contribution in [0.1, 0.15) is 24.4 Å². The third-order valence-corrected chi connectivity index (χ3v) is 3.68. The zero-order valence-corrected chi connectivity index (χ0v) is 9.35. The molecule has 1 amide bonds. The van der Waals surface area contributed by atoms with Gasteiger partial charge in [0.15, 0.2) is 5.60 Å². The molecular formula is C13H15NO2. The van der Waals surface area contributed by atoms with Gasteiger partial charge in [-0.3, -0.25) is 4.79 Å². The van der Waals surface area contributed by atoms with Gasteiger partial charge in [0.1, 0.15) is 0 Å². The number of ether oxygens (including phenoxy) is 1. The van der Waals surface area contributed by atoms with Crippen LogP contribution in [0.25, 0.3) is 0 Å². The third kappa shape index (κ3) is 1.09. The lowest BCUT2D eigenvalue weighted by molar-refractivity contribution is -0.191. The lowest BCUT2D eigenvalue weighted by Gasteiger charge is -2.52. The molecule has 1 spiro atoms. The van der Waals surface area contributed by atoms with Crippen LogP contribution in [0.4, 0.5) is 0 Å². The Bertz CT molecular complexity index is 409. The number of nitrogens with zero attached hydrogens (tertiary/aromatic N) is 1. The second-order valence-electron chi connectivity index (χ2n) is 4.57. The van der Waals surface area contributed by atoms with Crippen LogP contribution < -0.4 is 0 Å². The van der Waals surface area contributed by atoms with E-state index in [1.165, 1.54) is 5.56 Å². The Balaban J connectivity index is 1.98. The van der Waals surface area contributed by atoms with Crippen LogP contribution >= 0.6 is 0 Å². The Kier molecular flexibility index (Phi) is 2.04. The highest BCUT2D eigenvalue weighted by atomic mass is 16.5. The maximum Gasteiger partial charge on any atom is 0.257 e. The van der Waals surface area contributed by atoms with Crippen molar-refractivity contribution in [3.63, 3.8) is 0 Å². The van der Waals surface area contributed by atoms with Gasteiger partial charge >= 0.3 is 0 Å². The van der Waals surface area contributed by atoms with E-state index in [4.69, 9.17) is 4.74 Å². The third-order valence-electron chi connectivity index (χ3n) is 3.68. The van der Waals surface area contributed by atoms with Crippen molar-refractivity contribution in [2.45, 2.75) is 24.5 Å². The fourth-order valence-electron chi connectivity index (χ4n) is 2.95. The monoisotopic (exact) mass is 217 g/mol. The number of carbonyl (C=O) groups excluding carboxylic acids is 1. The number of hydrogen-bond acceptors (Lipinski definition) is 2. The van der Waals surface area contributed by atoms with Gasteiger partial charge in [-0.15, -0.1) is 0 Å². The number of likely N-dealkylation sites (tertiary alicyclic amines) is 1. The molecule has 3 heteroatoms. The fourth-order valence-corrected chi connectivity index (χ4v) is 2.95. The Hall–Kier alpha value is -1.35. The second kappa shape index (κ2) is 3.32. The molecule has 0 radical (unpaired) electrons. The highest BCUT2D eigenvalue weighted by Crippen LogP contribution is 2.50. The predicted molar refractivity (Wildman–Crippen MR) is 59.9 cm³/mol. The van der Waals surface area contributed by atoms with Crippen molar-refractivity contribution in [3.8, 4) is 0 Å². The first kappa shape index (κ1) is 9.85. The van der Waals surface area contributed by atoms with E-state index in [1.807, 2.05) is 25.2 Å². The maximum atomic E-state index is 12.0. The maximum absolute atomic E-state index is 12.0. The first-order valence-corrected chi connectivity index (χ1v) is 5.72. The van der Waals surface area contributed by atoms with Crippen LogP contribution in [0.5, 0.6) is 0 Å². The van der Waals surface area contributed by atoms with Gasteiger partial charge in [0, 0.05) is 13.7 Å². The largest absolute Gasteiger partial charge is 0.363 e. The van der Waals surface area contributed by atoms with Gasteiger partial charge in [-0.25, -0.2) is 0 Å². The highest BCUT2D eigenvalue weighted by molar-refractivity contribution is 5.93. The van der Waals surface area contributed by atoms with E-state index in [-0.39, 0.29) is 11.9 Å². The van der Waals surface area contributed by atoms with Crippen molar-refractivity contribution < 1.29 is 9.53 Å². The van der Waals surface area contributed by atoms with Crippen molar-refractivity contribution in [3.05, 3.63) is 35.9 Å². The van der Waals surface area contributed by atoms with Crippen LogP contribution in [0, 0.1) is 0 Å². The molecule has 1 aromatic rings. The van der Waals surface area contributed by atoms with Crippen molar-refractivity contribution in [2.24, 2.45) is 0 Å². The molecule has 2 fully saturated rings. The summed E-state index contributed by atoms with van der Waals surface area (Å²) in [5.41, 5.74) is 0.627. The number of rotatable bonds is 1. The number of amides is 1. The molecule has 0 N–H and O–H groups in total. The van der Waals surface area contributed by atoms with Crippen molar-refractivity contribution >= 4 is 5.91 Å². The van der Waals surface area contributed by atoms with Gasteiger partial charge in [0.2, 0.25) is 0 Å². The molecule has 2 saturated heterocycles. The number of benzene rings is 1. The normalized spacial score (nSPS) is 33.2. The molecule has 2 aliphatic heterocycles. The quantitative estimate of drug-likeness (QED) is 0.671. The molecule has 3 nitrogen and oxygen atoms in total. The zero-order valence-electron chi connectivity index (χ0n) is 9.35. The summed E-state index contributed by atoms with van der Waals surface area (Å²) in [6, 6.07) is 10.2. The Labute approximate surface area is 95.0 Å². The number of carbonyl (C=O) groups is 1. The summed E-state index contributed by atoms with van der Waals surface area (Å²) in [6.45, 7) is 0.711. The molecule has 0 saturated carbocycles. The zero-order chi connectivity index (χ0) is 11.2. The van der Waals surface area contributed by atoms with Gasteiger partial charge in [-0.05, 0) is 18.4 Å². The van der Waals surface area contributed by atoms with Gasteiger partial charge in [-0.2, -0.15) is 0 Å². The van der Waals surface area contributed by atoms with Gasteiger partial charge in [0.05, 0.1) is 6.04 Å². The Morgan fingerprint density at radius 3 is 2.75 bits per heavy atom. The van der Waals surface area contributed by atoms with Crippen LogP contribution in [-0.2, 0) is 9.53 Å². The van der Waals surface area contributed by atoms with Crippen molar-refractivity contribution in [2.75, 3.05) is 13.7 Å². The summed E-state index contributed by atoms with van der Waals surface area (Å²) in [5.74, 6) is 0.138. The van der Waals surface area contributed by atoms with Crippen molar-refractivity contribution in [1.82, 2.24) is 4.90 Å². The standard InChI is InChI=1S/C13H15NO2/c1-14-11(10-6-3-2-4-7-10)13(12(14)15)8-5-9-16-13/h2-4,6-7,11H,5,8-9H2,1H3/t11-,13+/m0/s1. The smallest absolute Gasteiger partial charge is 0.257 e. The molecule has 84 valence electrons. The highest BCUT2D eigenvalue weighted by Gasteiger charge is 2.62. The van der Waals surface area contributed by atoms with E-state index in [1.54, 1.807) is 4.90 Å². The van der Waals surface area contributed by atoms with E-state index in [0.29, 0.717) is 6.61 Å². The Morgan fingerprint density at radius 2 is 2.12 bits per heavy atom. The van der Waals surface area contributed by atoms with Crippen LogP contribution in [0.3, 0.4) is 0 Å². The summed E-state index contributed by atoms with van der Waals surface area (Å²) >= 11 is 0. The number of hydrogen-bond donors (Lipinski definition) is 0. The summed E-state index contributed by atoms with van der Waals surface area (Å²) in [4.78, 5) is 13.8. The second-order valence-corrected chi connectivity index (χ2v) is 4.57. The first-order valence-electron chi connectivity index (χ1n) is 5.72.